The second kappa shape index (κ2) is 11.5. The molecule has 204 valence electrons. The molecule has 2 heterocycles. The topological polar surface area (TPSA) is 168 Å². The molecule has 2 aromatic heterocycles. The molecular weight excluding hydrogens is 507 g/mol. The van der Waals surface area contributed by atoms with Crippen molar-refractivity contribution in [2.75, 3.05) is 12.3 Å². The van der Waals surface area contributed by atoms with Gasteiger partial charge in [-0.05, 0) is 44.7 Å². The number of aromatic nitrogens is 4. The lowest BCUT2D eigenvalue weighted by atomic mass is 10.0. The van der Waals surface area contributed by atoms with Crippen molar-refractivity contribution in [3.8, 4) is 5.88 Å². The number of aryl methyl sites for hydroxylation is 1. The molecule has 14 heteroatoms. The Hall–Kier alpha value is -4.07. The quantitative estimate of drug-likeness (QED) is 0.346. The number of anilines is 1. The van der Waals surface area contributed by atoms with Gasteiger partial charge in [-0.3, -0.25) is 4.79 Å². The molecule has 38 heavy (non-hydrogen) atoms. The highest BCUT2D eigenvalue weighted by atomic mass is 19.4. The van der Waals surface area contributed by atoms with Crippen LogP contribution < -0.4 is 21.5 Å². The van der Waals surface area contributed by atoms with E-state index in [0.29, 0.717) is 30.6 Å². The van der Waals surface area contributed by atoms with Crippen molar-refractivity contribution in [3.05, 3.63) is 47.3 Å². The fourth-order valence-electron chi connectivity index (χ4n) is 3.23. The van der Waals surface area contributed by atoms with Gasteiger partial charge in [-0.25, -0.2) is 14.8 Å². The van der Waals surface area contributed by atoms with Crippen molar-refractivity contribution in [3.63, 3.8) is 0 Å². The van der Waals surface area contributed by atoms with Crippen LogP contribution in [0.15, 0.2) is 30.5 Å². The van der Waals surface area contributed by atoms with Crippen LogP contribution in [0.25, 0.3) is 11.2 Å². The van der Waals surface area contributed by atoms with Gasteiger partial charge in [-0.1, -0.05) is 24.3 Å². The Balaban J connectivity index is 1.65. The number of nitrogens with one attached hydrogen (secondary N) is 1. The van der Waals surface area contributed by atoms with Gasteiger partial charge < -0.3 is 26.3 Å². The molecule has 0 aliphatic carbocycles. The number of nitrogen functional groups attached to an aromatic ring is 1. The Labute approximate surface area is 216 Å². The molecule has 0 radical (unpaired) electrons. The van der Waals surface area contributed by atoms with E-state index < -0.39 is 29.7 Å². The lowest BCUT2D eigenvalue weighted by Gasteiger charge is -2.19. The summed E-state index contributed by atoms with van der Waals surface area (Å²) in [6.45, 7) is 5.66. The minimum atomic E-state index is -5.02. The lowest BCUT2D eigenvalue weighted by molar-refractivity contribution is -0.172. The molecule has 1 atom stereocenters. The van der Waals surface area contributed by atoms with Crippen molar-refractivity contribution in [1.29, 1.82) is 0 Å². The molecule has 0 aliphatic rings. The Morgan fingerprint density at radius 1 is 1.08 bits per heavy atom. The molecule has 1 unspecified atom stereocenters. The van der Waals surface area contributed by atoms with E-state index in [4.69, 9.17) is 20.9 Å². The third-order valence-electron chi connectivity index (χ3n) is 5.00. The van der Waals surface area contributed by atoms with Gasteiger partial charge in [-0.15, -0.1) is 0 Å². The fraction of sp³-hybridized carbons (Fsp3) is 0.417. The van der Waals surface area contributed by atoms with Gasteiger partial charge >= 0.3 is 12.3 Å². The van der Waals surface area contributed by atoms with Gasteiger partial charge in [0.1, 0.15) is 12.2 Å². The zero-order chi connectivity index (χ0) is 28.1. The van der Waals surface area contributed by atoms with Crippen LogP contribution in [-0.4, -0.2) is 50.1 Å². The molecule has 5 N–H and O–H groups in total. The Bertz CT molecular complexity index is 1300. The largest absolute Gasteiger partial charge is 0.471 e. The number of ketones is 1. The van der Waals surface area contributed by atoms with Crippen molar-refractivity contribution in [1.82, 2.24) is 25.3 Å². The molecule has 11 nitrogen and oxygen atoms in total. The number of halogens is 3. The van der Waals surface area contributed by atoms with Crippen molar-refractivity contribution in [2.24, 2.45) is 5.73 Å². The van der Waals surface area contributed by atoms with Crippen LogP contribution >= 0.6 is 0 Å². The maximum Gasteiger partial charge on any atom is 0.452 e. The number of nitrogens with zero attached hydrogens (tertiary/aromatic N) is 4. The maximum absolute atomic E-state index is 12.6. The van der Waals surface area contributed by atoms with Gasteiger partial charge in [0.2, 0.25) is 11.8 Å². The third-order valence-corrected chi connectivity index (χ3v) is 5.00. The van der Waals surface area contributed by atoms with E-state index in [9.17, 15) is 22.8 Å². The van der Waals surface area contributed by atoms with Gasteiger partial charge in [0.05, 0.1) is 17.9 Å². The molecule has 0 saturated carbocycles. The van der Waals surface area contributed by atoms with Gasteiger partial charge in [0.25, 0.3) is 5.78 Å². The summed E-state index contributed by atoms with van der Waals surface area (Å²) in [6, 6.07) is 3.80. The highest BCUT2D eigenvalue weighted by Gasteiger charge is 2.42. The third kappa shape index (κ3) is 7.96. The van der Waals surface area contributed by atoms with E-state index in [-0.39, 0.29) is 35.2 Å². The number of nitrogens with two attached hydrogens (primary N) is 2. The van der Waals surface area contributed by atoms with Gasteiger partial charge in [0, 0.05) is 6.54 Å². The number of carbonyl (C=O) groups is 2. The molecule has 0 bridgehead atoms. The SMILES string of the molecule is CC(C)(C)OC(=O)NCCCc1cnc2nc(N)nc(OCc3ccc(C(N)C(=O)C(F)(F)F)cc3)c2n1. The highest BCUT2D eigenvalue weighted by Crippen LogP contribution is 2.25. The number of hydrogen-bond acceptors (Lipinski definition) is 10. The Kier molecular flexibility index (Phi) is 8.66. The molecule has 0 aliphatic heterocycles. The van der Waals surface area contributed by atoms with Crippen LogP contribution in [-0.2, 0) is 22.6 Å². The number of amides is 1. The standard InChI is InChI=1S/C24H28F3N7O4/c1-23(2,3)38-22(36)30-10-4-5-15-11-31-19-17(32-15)20(34-21(29)33-19)37-12-13-6-8-14(9-7-13)16(28)18(35)24(25,26)27/h6-9,11,16H,4-5,10,12,28H2,1-3H3,(H,30,36)(H2,29,31,33,34). The maximum atomic E-state index is 12.6. The summed E-state index contributed by atoms with van der Waals surface area (Å²) in [7, 11) is 0. The number of fused-ring (bicyclic) bond motifs is 1. The number of ether oxygens (including phenoxy) is 2. The number of alkyl carbamates (subject to hydrolysis) is 1. The number of carbonyl (C=O) groups excluding carboxylic acids is 2. The van der Waals surface area contributed by atoms with E-state index in [2.05, 4.69) is 25.3 Å². The molecule has 0 saturated heterocycles. The number of hydrogen-bond donors (Lipinski definition) is 3. The minimum absolute atomic E-state index is 0.0180. The van der Waals surface area contributed by atoms with Crippen LogP contribution in [0.1, 0.15) is 50.1 Å². The minimum Gasteiger partial charge on any atom is -0.471 e. The summed E-state index contributed by atoms with van der Waals surface area (Å²) < 4.78 is 48.8. The zero-order valence-electron chi connectivity index (χ0n) is 21.0. The first kappa shape index (κ1) is 28.5. The first-order valence-electron chi connectivity index (χ1n) is 11.6. The van der Waals surface area contributed by atoms with Crippen molar-refractivity contribution >= 4 is 29.0 Å². The first-order valence-corrected chi connectivity index (χ1v) is 11.6. The molecule has 0 spiro atoms. The zero-order valence-corrected chi connectivity index (χ0v) is 21.0. The van der Waals surface area contributed by atoms with Crippen LogP contribution in [0, 0.1) is 0 Å². The van der Waals surface area contributed by atoms with E-state index in [1.54, 1.807) is 20.8 Å². The van der Waals surface area contributed by atoms with E-state index in [1.807, 2.05) is 0 Å². The second-order valence-corrected chi connectivity index (χ2v) is 9.32. The summed E-state index contributed by atoms with van der Waals surface area (Å²) in [4.78, 5) is 40.0. The predicted molar refractivity (Wildman–Crippen MR) is 131 cm³/mol. The fourth-order valence-corrected chi connectivity index (χ4v) is 3.23. The van der Waals surface area contributed by atoms with Gasteiger partial charge in [-0.2, -0.15) is 23.1 Å². The number of Topliss-reactive ketones (excluding diaryl/α,β-unsaturated/α-hetero) is 1. The van der Waals surface area contributed by atoms with E-state index in [0.717, 1.165) is 0 Å². The molecule has 3 rings (SSSR count). The van der Waals surface area contributed by atoms with Crippen molar-refractivity contribution < 1.29 is 32.2 Å². The average molecular weight is 536 g/mol. The molecule has 0 fully saturated rings. The van der Waals surface area contributed by atoms with Crippen LogP contribution in [0.3, 0.4) is 0 Å². The summed E-state index contributed by atoms with van der Waals surface area (Å²) in [5.74, 6) is -2.04. The molecule has 1 aromatic carbocycles. The van der Waals surface area contributed by atoms with Crippen LogP contribution in [0.2, 0.25) is 0 Å². The second-order valence-electron chi connectivity index (χ2n) is 9.32. The normalized spacial score (nSPS) is 12.7. The first-order chi connectivity index (χ1) is 17.7. The van der Waals surface area contributed by atoms with Crippen LogP contribution in [0.5, 0.6) is 5.88 Å². The summed E-state index contributed by atoms with van der Waals surface area (Å²) >= 11 is 0. The molecular formula is C24H28F3N7O4. The van der Waals surface area contributed by atoms with Crippen LogP contribution in [0.4, 0.5) is 23.9 Å². The average Bonchev–Trinajstić information content (AvgIpc) is 2.83. The summed E-state index contributed by atoms with van der Waals surface area (Å²) in [5, 5.41) is 2.67. The van der Waals surface area contributed by atoms with Crippen molar-refractivity contribution in [2.45, 2.75) is 58.0 Å². The molecule has 1 amide bonds. The Morgan fingerprint density at radius 3 is 2.39 bits per heavy atom. The van der Waals surface area contributed by atoms with Gasteiger partial charge in [0.15, 0.2) is 11.2 Å². The summed E-state index contributed by atoms with van der Waals surface area (Å²) in [5.41, 5.74) is 12.3. The smallest absolute Gasteiger partial charge is 0.452 e. The lowest BCUT2D eigenvalue weighted by Crippen LogP contribution is -2.33. The highest BCUT2D eigenvalue weighted by molar-refractivity contribution is 5.89. The monoisotopic (exact) mass is 535 g/mol. The number of rotatable bonds is 9. The summed E-state index contributed by atoms with van der Waals surface area (Å²) in [6.07, 6.45) is -2.94. The molecule has 3 aromatic rings. The van der Waals surface area contributed by atoms with E-state index in [1.165, 1.54) is 30.5 Å². The van der Waals surface area contributed by atoms with E-state index >= 15 is 0 Å². The number of benzene rings is 1. The predicted octanol–water partition coefficient (Wildman–Crippen LogP) is 3.17. The number of alkyl halides is 3. The Morgan fingerprint density at radius 2 is 1.76 bits per heavy atom.